The smallest absolute Gasteiger partial charge is 0.313 e. The minimum absolute atomic E-state index is 0.139. The molecule has 0 fully saturated rings. The number of aromatic nitrogens is 1. The van der Waals surface area contributed by atoms with Gasteiger partial charge in [0.05, 0.1) is 16.8 Å². The van der Waals surface area contributed by atoms with Crippen LogP contribution in [-0.4, -0.2) is 29.9 Å². The van der Waals surface area contributed by atoms with Gasteiger partial charge >= 0.3 is 11.8 Å². The maximum atomic E-state index is 12.5. The average Bonchev–Trinajstić information content (AvgIpc) is 3.20. The number of carbonyl (C=O) groups is 2. The SMILES string of the molecule is O=C(NC[C@H](c1cccnc1)N1CCc2ccccc21)C(=O)Nc1ccccc1Cl. The summed E-state index contributed by atoms with van der Waals surface area (Å²) in [6.45, 7) is 1.11. The molecule has 152 valence electrons. The first-order valence-electron chi connectivity index (χ1n) is 9.71. The number of pyridine rings is 1. The van der Waals surface area contributed by atoms with Gasteiger partial charge in [0.2, 0.25) is 0 Å². The Morgan fingerprint density at radius 2 is 1.83 bits per heavy atom. The van der Waals surface area contributed by atoms with Crippen LogP contribution in [0.25, 0.3) is 0 Å². The van der Waals surface area contributed by atoms with Crippen LogP contribution in [0.2, 0.25) is 5.02 Å². The van der Waals surface area contributed by atoms with Crippen molar-refractivity contribution in [3.63, 3.8) is 0 Å². The molecule has 30 heavy (non-hydrogen) atoms. The zero-order valence-electron chi connectivity index (χ0n) is 16.2. The van der Waals surface area contributed by atoms with Crippen LogP contribution in [0.15, 0.2) is 73.1 Å². The molecule has 3 aromatic rings. The van der Waals surface area contributed by atoms with Crippen LogP contribution in [0.3, 0.4) is 0 Å². The number of carbonyl (C=O) groups excluding carboxylic acids is 2. The number of nitrogens with zero attached hydrogens (tertiary/aromatic N) is 2. The van der Waals surface area contributed by atoms with E-state index in [9.17, 15) is 9.59 Å². The number of para-hydroxylation sites is 2. The summed E-state index contributed by atoms with van der Waals surface area (Å²) in [5.74, 6) is -1.47. The lowest BCUT2D eigenvalue weighted by Gasteiger charge is -2.30. The number of anilines is 2. The molecular formula is C23H21ClN4O2. The third-order valence-electron chi connectivity index (χ3n) is 5.15. The zero-order chi connectivity index (χ0) is 20.9. The Morgan fingerprint density at radius 3 is 2.63 bits per heavy atom. The predicted molar refractivity (Wildman–Crippen MR) is 118 cm³/mol. The number of hydrogen-bond donors (Lipinski definition) is 2. The van der Waals surface area contributed by atoms with Crippen LogP contribution in [0, 0.1) is 0 Å². The molecule has 0 unspecified atom stereocenters. The van der Waals surface area contributed by atoms with Crippen molar-refractivity contribution in [2.24, 2.45) is 0 Å². The Balaban J connectivity index is 1.48. The molecule has 0 bridgehead atoms. The summed E-state index contributed by atoms with van der Waals surface area (Å²) in [5.41, 5.74) is 3.79. The summed E-state index contributed by atoms with van der Waals surface area (Å²) >= 11 is 6.05. The molecule has 1 aliphatic heterocycles. The third-order valence-corrected chi connectivity index (χ3v) is 5.48. The largest absolute Gasteiger partial charge is 0.362 e. The van der Waals surface area contributed by atoms with Crippen LogP contribution in [0.4, 0.5) is 11.4 Å². The van der Waals surface area contributed by atoms with Gasteiger partial charge in [-0.05, 0) is 41.8 Å². The molecule has 6 nitrogen and oxygen atoms in total. The van der Waals surface area contributed by atoms with E-state index in [0.29, 0.717) is 10.7 Å². The summed E-state index contributed by atoms with van der Waals surface area (Å²) in [6.07, 6.45) is 4.45. The topological polar surface area (TPSA) is 74.3 Å². The van der Waals surface area contributed by atoms with E-state index in [1.165, 1.54) is 5.56 Å². The standard InChI is InChI=1S/C23H21ClN4O2/c24-18-8-2-3-9-19(18)27-23(30)22(29)26-15-21(17-7-5-12-25-14-17)28-13-11-16-6-1-4-10-20(16)28/h1-10,12,14,21H,11,13,15H2,(H,26,29)(H,27,30)/t21-/m1/s1. The van der Waals surface area contributed by atoms with Crippen molar-refractivity contribution in [3.05, 3.63) is 89.2 Å². The van der Waals surface area contributed by atoms with Crippen molar-refractivity contribution in [2.45, 2.75) is 12.5 Å². The normalized spacial score (nSPS) is 13.4. The predicted octanol–water partition coefficient (Wildman–Crippen LogP) is 3.59. The molecule has 0 aliphatic carbocycles. The lowest BCUT2D eigenvalue weighted by molar-refractivity contribution is -0.136. The van der Waals surface area contributed by atoms with E-state index in [-0.39, 0.29) is 12.6 Å². The molecule has 2 aromatic carbocycles. The number of halogens is 1. The van der Waals surface area contributed by atoms with E-state index in [1.54, 1.807) is 36.7 Å². The monoisotopic (exact) mass is 420 g/mol. The highest BCUT2D eigenvalue weighted by molar-refractivity contribution is 6.41. The van der Waals surface area contributed by atoms with Crippen molar-refractivity contribution in [1.29, 1.82) is 0 Å². The summed E-state index contributed by atoms with van der Waals surface area (Å²) in [5, 5.41) is 5.69. The first-order valence-corrected chi connectivity index (χ1v) is 10.1. The Hall–Kier alpha value is -3.38. The molecule has 7 heteroatoms. The van der Waals surface area contributed by atoms with E-state index in [2.05, 4.69) is 32.7 Å². The second kappa shape index (κ2) is 8.97. The minimum Gasteiger partial charge on any atom is -0.362 e. The molecule has 0 saturated carbocycles. The fourth-order valence-corrected chi connectivity index (χ4v) is 3.86. The number of nitrogens with one attached hydrogen (secondary N) is 2. The van der Waals surface area contributed by atoms with E-state index in [4.69, 9.17) is 11.6 Å². The highest BCUT2D eigenvalue weighted by atomic mass is 35.5. The lowest BCUT2D eigenvalue weighted by Crippen LogP contribution is -2.41. The second-order valence-electron chi connectivity index (χ2n) is 7.02. The first-order chi connectivity index (χ1) is 14.6. The van der Waals surface area contributed by atoms with Crippen molar-refractivity contribution in [3.8, 4) is 0 Å². The Morgan fingerprint density at radius 1 is 1.03 bits per heavy atom. The van der Waals surface area contributed by atoms with Crippen molar-refractivity contribution in [2.75, 3.05) is 23.3 Å². The van der Waals surface area contributed by atoms with Crippen molar-refractivity contribution < 1.29 is 9.59 Å². The Labute approximate surface area is 179 Å². The quantitative estimate of drug-likeness (QED) is 0.618. The molecule has 1 aliphatic rings. The van der Waals surface area contributed by atoms with Crippen LogP contribution in [0.5, 0.6) is 0 Å². The van der Waals surface area contributed by atoms with Crippen LogP contribution in [0.1, 0.15) is 17.2 Å². The first kappa shape index (κ1) is 19.9. The molecule has 0 radical (unpaired) electrons. The molecule has 0 spiro atoms. The molecule has 0 saturated heterocycles. The van der Waals surface area contributed by atoms with Gasteiger partial charge in [0, 0.05) is 31.2 Å². The highest BCUT2D eigenvalue weighted by Gasteiger charge is 2.28. The van der Waals surface area contributed by atoms with E-state index in [1.807, 2.05) is 24.3 Å². The summed E-state index contributed by atoms with van der Waals surface area (Å²) < 4.78 is 0. The zero-order valence-corrected chi connectivity index (χ0v) is 17.0. The van der Waals surface area contributed by atoms with E-state index < -0.39 is 11.8 Å². The molecule has 2 heterocycles. The van der Waals surface area contributed by atoms with Gasteiger partial charge in [-0.25, -0.2) is 0 Å². The lowest BCUT2D eigenvalue weighted by atomic mass is 10.1. The average molecular weight is 421 g/mol. The second-order valence-corrected chi connectivity index (χ2v) is 7.43. The van der Waals surface area contributed by atoms with Crippen LogP contribution in [-0.2, 0) is 16.0 Å². The van der Waals surface area contributed by atoms with E-state index >= 15 is 0 Å². The van der Waals surface area contributed by atoms with Gasteiger partial charge in [-0.15, -0.1) is 0 Å². The summed E-state index contributed by atoms with van der Waals surface area (Å²) in [6, 6.07) is 18.7. The number of rotatable bonds is 5. The Kier molecular flexibility index (Phi) is 5.95. The van der Waals surface area contributed by atoms with E-state index in [0.717, 1.165) is 24.2 Å². The van der Waals surface area contributed by atoms with Gasteiger partial charge in [-0.1, -0.05) is 48.0 Å². The molecule has 2 N–H and O–H groups in total. The molecule has 1 atom stereocenters. The fraction of sp³-hybridized carbons (Fsp3) is 0.174. The van der Waals surface area contributed by atoms with Crippen molar-refractivity contribution in [1.82, 2.24) is 10.3 Å². The number of amides is 2. The van der Waals surface area contributed by atoms with Gasteiger partial charge < -0.3 is 15.5 Å². The molecular weight excluding hydrogens is 400 g/mol. The summed E-state index contributed by atoms with van der Waals surface area (Å²) in [4.78, 5) is 31.3. The molecule has 4 rings (SSSR count). The van der Waals surface area contributed by atoms with Gasteiger partial charge in [-0.2, -0.15) is 0 Å². The number of benzene rings is 2. The third kappa shape index (κ3) is 4.28. The van der Waals surface area contributed by atoms with Gasteiger partial charge in [-0.3, -0.25) is 14.6 Å². The van der Waals surface area contributed by atoms with Gasteiger partial charge in [0.15, 0.2) is 0 Å². The molecule has 2 amide bonds. The fourth-order valence-electron chi connectivity index (χ4n) is 3.68. The number of hydrogen-bond acceptors (Lipinski definition) is 4. The minimum atomic E-state index is -0.755. The van der Waals surface area contributed by atoms with Crippen molar-refractivity contribution >= 4 is 34.8 Å². The van der Waals surface area contributed by atoms with Gasteiger partial charge in [0.25, 0.3) is 0 Å². The Bertz CT molecular complexity index is 1060. The van der Waals surface area contributed by atoms with Crippen LogP contribution < -0.4 is 15.5 Å². The maximum Gasteiger partial charge on any atom is 0.313 e. The highest BCUT2D eigenvalue weighted by Crippen LogP contribution is 2.34. The number of fused-ring (bicyclic) bond motifs is 1. The molecule has 1 aromatic heterocycles. The van der Waals surface area contributed by atoms with Crippen LogP contribution >= 0.6 is 11.6 Å². The van der Waals surface area contributed by atoms with Gasteiger partial charge in [0.1, 0.15) is 0 Å². The summed E-state index contributed by atoms with van der Waals surface area (Å²) in [7, 11) is 0. The maximum absolute atomic E-state index is 12.5.